The predicted octanol–water partition coefficient (Wildman–Crippen LogP) is 2.24. The molecule has 0 atom stereocenters. The molecule has 0 saturated carbocycles. The number of carbonyl (C=O) groups is 3. The average Bonchev–Trinajstić information content (AvgIpc) is 2.70. The number of unbranched alkanes of at least 4 members (excludes halogenated alkanes) is 3. The first-order chi connectivity index (χ1) is 14.2. The third-order valence-corrected chi connectivity index (χ3v) is 3.97. The Morgan fingerprint density at radius 3 is 0.806 bits per heavy atom. The van der Waals surface area contributed by atoms with Gasteiger partial charge in [0, 0.05) is 0 Å². The molecule has 7 heteroatoms. The Balaban J connectivity index is -0.000000174. The minimum atomic E-state index is -1.03. The van der Waals surface area contributed by atoms with Gasteiger partial charge in [-0.25, -0.2) is 0 Å². The third-order valence-electron chi connectivity index (χ3n) is 3.97. The first kappa shape index (κ1) is 36.8. The number of carboxylic acids is 3. The molecule has 0 unspecified atom stereocenters. The molecule has 0 N–H and O–H groups in total. The van der Waals surface area contributed by atoms with Crippen LogP contribution in [0.4, 0.5) is 0 Å². The van der Waals surface area contributed by atoms with Gasteiger partial charge in [-0.05, 0) is 55.2 Å². The number of aliphatic carboxylic acids is 3. The molecule has 0 aliphatic heterocycles. The van der Waals surface area contributed by atoms with Gasteiger partial charge in [0.15, 0.2) is 0 Å². The maximum atomic E-state index is 10.3. The number of carboxylic acid groups (broad SMARTS) is 3. The van der Waals surface area contributed by atoms with Crippen LogP contribution < -0.4 is 15.3 Å². The van der Waals surface area contributed by atoms with Gasteiger partial charge in [-0.1, -0.05) is 79.0 Å². The molecule has 0 aliphatic carbocycles. The molecule has 6 nitrogen and oxygen atoms in total. The second-order valence-electron chi connectivity index (χ2n) is 6.48. The van der Waals surface area contributed by atoms with Crippen LogP contribution in [0.25, 0.3) is 0 Å². The SMILES string of the molecule is CCCC=C(CC)C(=O)[O-].CCCC=C(CC)C(=O)[O-].CCCC=C(CC)C(=O)[O-].[Sb+3]. The van der Waals surface area contributed by atoms with Crippen molar-refractivity contribution >= 4 is 42.3 Å². The first-order valence-corrected chi connectivity index (χ1v) is 10.9. The van der Waals surface area contributed by atoms with Crippen molar-refractivity contribution in [1.29, 1.82) is 0 Å². The van der Waals surface area contributed by atoms with Gasteiger partial charge in [-0.15, -0.1) is 0 Å². The molecule has 0 aliphatic rings. The fraction of sp³-hybridized carbons (Fsp3) is 0.625. The van der Waals surface area contributed by atoms with Crippen molar-refractivity contribution in [3.8, 4) is 0 Å². The van der Waals surface area contributed by atoms with Crippen molar-refractivity contribution in [2.45, 2.75) is 99.3 Å². The zero-order valence-corrected chi connectivity index (χ0v) is 22.5. The van der Waals surface area contributed by atoms with E-state index in [0.29, 0.717) is 36.0 Å². The van der Waals surface area contributed by atoms with Crippen LogP contribution in [-0.2, 0) is 14.4 Å². The maximum Gasteiger partial charge on any atom is 3.00 e. The molecule has 0 aromatic rings. The third kappa shape index (κ3) is 24.6. The minimum Gasteiger partial charge on any atom is -0.545 e. The predicted molar refractivity (Wildman–Crippen MR) is 121 cm³/mol. The van der Waals surface area contributed by atoms with Crippen LogP contribution >= 0.6 is 0 Å². The van der Waals surface area contributed by atoms with Crippen LogP contribution in [0.3, 0.4) is 0 Å². The number of hydrogen-bond donors (Lipinski definition) is 0. The zero-order chi connectivity index (χ0) is 23.9. The smallest absolute Gasteiger partial charge is 0.545 e. The molecule has 31 heavy (non-hydrogen) atoms. The van der Waals surface area contributed by atoms with E-state index < -0.39 is 17.9 Å². The monoisotopic (exact) mass is 544 g/mol. The standard InChI is InChI=1S/3C8H14O2.Sb/c3*1-3-5-6-7(4-2)8(9)10;/h3*6H,3-5H2,1-2H3,(H,9,10);/q;;;+3/p-3. The summed E-state index contributed by atoms with van der Waals surface area (Å²) >= 11 is 0. The molecule has 0 amide bonds. The van der Waals surface area contributed by atoms with Crippen molar-refractivity contribution in [2.24, 2.45) is 0 Å². The normalized spacial score (nSPS) is 11.2. The molecule has 176 valence electrons. The van der Waals surface area contributed by atoms with Crippen LogP contribution in [0.5, 0.6) is 0 Å². The van der Waals surface area contributed by atoms with Crippen molar-refractivity contribution in [1.82, 2.24) is 0 Å². The van der Waals surface area contributed by atoms with Gasteiger partial charge >= 0.3 is 24.4 Å². The minimum absolute atomic E-state index is 0. The summed E-state index contributed by atoms with van der Waals surface area (Å²) < 4.78 is 0. The van der Waals surface area contributed by atoms with Gasteiger partial charge in [-0.3, -0.25) is 0 Å². The fourth-order valence-electron chi connectivity index (χ4n) is 2.07. The van der Waals surface area contributed by atoms with Crippen LogP contribution in [0.2, 0.25) is 0 Å². The van der Waals surface area contributed by atoms with Gasteiger partial charge in [0.05, 0.1) is 17.9 Å². The van der Waals surface area contributed by atoms with Crippen molar-refractivity contribution < 1.29 is 29.7 Å². The summed E-state index contributed by atoms with van der Waals surface area (Å²) in [5.41, 5.74) is 1.26. The first-order valence-electron chi connectivity index (χ1n) is 10.9. The molecule has 0 aromatic heterocycles. The van der Waals surface area contributed by atoms with E-state index in [0.717, 1.165) is 38.5 Å². The van der Waals surface area contributed by atoms with Gasteiger partial charge in [0.2, 0.25) is 0 Å². The molecule has 0 bridgehead atoms. The second-order valence-corrected chi connectivity index (χ2v) is 6.48. The summed E-state index contributed by atoms with van der Waals surface area (Å²) in [4.78, 5) is 30.8. The number of allylic oxidation sites excluding steroid dienone is 3. The zero-order valence-electron chi connectivity index (χ0n) is 20.0. The molecule has 0 spiro atoms. The van der Waals surface area contributed by atoms with E-state index in [2.05, 4.69) is 0 Å². The fourth-order valence-corrected chi connectivity index (χ4v) is 2.07. The van der Waals surface area contributed by atoms with Crippen molar-refractivity contribution in [3.63, 3.8) is 0 Å². The van der Waals surface area contributed by atoms with E-state index in [9.17, 15) is 29.7 Å². The largest absolute Gasteiger partial charge is 3.00 e. The summed E-state index contributed by atoms with van der Waals surface area (Å²) in [6.07, 6.45) is 12.3. The molecule has 2 radical (unpaired) electrons. The summed E-state index contributed by atoms with van der Waals surface area (Å²) in [6, 6.07) is 0. The Morgan fingerprint density at radius 1 is 0.516 bits per heavy atom. The molecular weight excluding hydrogens is 506 g/mol. The van der Waals surface area contributed by atoms with E-state index in [1.54, 1.807) is 18.2 Å². The Bertz CT molecular complexity index is 496. The topological polar surface area (TPSA) is 120 Å². The Morgan fingerprint density at radius 2 is 0.710 bits per heavy atom. The van der Waals surface area contributed by atoms with E-state index in [4.69, 9.17) is 0 Å². The van der Waals surface area contributed by atoms with E-state index in [-0.39, 0.29) is 24.4 Å². The summed E-state index contributed by atoms with van der Waals surface area (Å²) in [5, 5.41) is 30.8. The molecule has 0 saturated heterocycles. The van der Waals surface area contributed by atoms with Crippen LogP contribution in [0.15, 0.2) is 34.9 Å². The number of rotatable bonds is 12. The van der Waals surface area contributed by atoms with Gasteiger partial charge < -0.3 is 29.7 Å². The summed E-state index contributed by atoms with van der Waals surface area (Å²) in [5.74, 6) is -3.09. The molecule has 0 rings (SSSR count). The molecule has 0 heterocycles. The van der Waals surface area contributed by atoms with Crippen LogP contribution in [0, 0.1) is 0 Å². The number of hydrogen-bond acceptors (Lipinski definition) is 6. The molecular formula is C24H39O6Sb. The van der Waals surface area contributed by atoms with Crippen molar-refractivity contribution in [2.75, 3.05) is 0 Å². The number of carbonyl (C=O) groups excluding carboxylic acids is 3. The summed E-state index contributed by atoms with van der Waals surface area (Å²) in [6.45, 7) is 11.5. The van der Waals surface area contributed by atoms with Crippen LogP contribution in [0.1, 0.15) is 99.3 Å². The Kier molecular flexibility index (Phi) is 31.4. The molecule has 0 fully saturated rings. The second kappa shape index (κ2) is 26.5. The van der Waals surface area contributed by atoms with Gasteiger partial charge in [0.1, 0.15) is 0 Å². The Hall–Kier alpha value is -1.55. The average molecular weight is 545 g/mol. The van der Waals surface area contributed by atoms with E-state index in [1.807, 2.05) is 41.5 Å². The van der Waals surface area contributed by atoms with Crippen LogP contribution in [-0.4, -0.2) is 42.3 Å². The molecule has 0 aromatic carbocycles. The van der Waals surface area contributed by atoms with E-state index >= 15 is 0 Å². The maximum absolute atomic E-state index is 10.3. The quantitative estimate of drug-likeness (QED) is 0.274. The van der Waals surface area contributed by atoms with Gasteiger partial charge in [0.25, 0.3) is 0 Å². The van der Waals surface area contributed by atoms with E-state index in [1.165, 1.54) is 0 Å². The van der Waals surface area contributed by atoms with Gasteiger partial charge in [-0.2, -0.15) is 0 Å². The van der Waals surface area contributed by atoms with Crippen molar-refractivity contribution in [3.05, 3.63) is 34.9 Å². The Labute approximate surface area is 206 Å². The summed E-state index contributed by atoms with van der Waals surface area (Å²) in [7, 11) is 0.